The first-order valence-electron chi connectivity index (χ1n) is 9.46. The summed E-state index contributed by atoms with van der Waals surface area (Å²) in [6, 6.07) is 13.9. The van der Waals surface area contributed by atoms with Gasteiger partial charge in [0, 0.05) is 11.1 Å². The normalized spacial score (nSPS) is 10.8. The van der Waals surface area contributed by atoms with Gasteiger partial charge in [-0.25, -0.2) is 0 Å². The van der Waals surface area contributed by atoms with Gasteiger partial charge < -0.3 is 15.4 Å². The Kier molecular flexibility index (Phi) is 7.73. The number of hydrogen-bond acceptors (Lipinski definition) is 4. The molecule has 6 nitrogen and oxygen atoms in total. The highest BCUT2D eigenvalue weighted by Gasteiger charge is 2.18. The molecule has 3 N–H and O–H groups in total. The number of para-hydroxylation sites is 1. The molecule has 0 heterocycles. The Balaban J connectivity index is 2.06. The van der Waals surface area contributed by atoms with Crippen LogP contribution < -0.4 is 20.7 Å². The molecular weight excluding hydrogens is 386 g/mol. The largest absolute Gasteiger partial charge is 0.494 e. The number of anilines is 1. The van der Waals surface area contributed by atoms with Crippen LogP contribution in [0.4, 0.5) is 5.69 Å². The fraction of sp³-hybridized carbons (Fsp3) is 0.318. The third kappa shape index (κ3) is 7.19. The highest BCUT2D eigenvalue weighted by atomic mass is 32.1. The minimum Gasteiger partial charge on any atom is -0.494 e. The summed E-state index contributed by atoms with van der Waals surface area (Å²) < 4.78 is 5.56. The van der Waals surface area contributed by atoms with Crippen molar-refractivity contribution in [3.8, 4) is 5.75 Å². The number of amides is 2. The molecule has 0 radical (unpaired) electrons. The zero-order valence-corrected chi connectivity index (χ0v) is 18.0. The van der Waals surface area contributed by atoms with Gasteiger partial charge >= 0.3 is 0 Å². The van der Waals surface area contributed by atoms with Crippen molar-refractivity contribution in [2.24, 2.45) is 0 Å². The van der Waals surface area contributed by atoms with Crippen LogP contribution in [0.5, 0.6) is 5.75 Å². The van der Waals surface area contributed by atoms with E-state index in [4.69, 9.17) is 17.0 Å². The third-order valence-corrected chi connectivity index (χ3v) is 3.91. The molecule has 0 atom stereocenters. The van der Waals surface area contributed by atoms with Crippen LogP contribution in [-0.2, 0) is 0 Å². The zero-order chi connectivity index (χ0) is 21.4. The highest BCUT2D eigenvalue weighted by Crippen LogP contribution is 2.17. The summed E-state index contributed by atoms with van der Waals surface area (Å²) in [4.78, 5) is 25.0. The van der Waals surface area contributed by atoms with Gasteiger partial charge in [0.15, 0.2) is 5.11 Å². The Hall–Kier alpha value is -2.93. The molecule has 0 fully saturated rings. The van der Waals surface area contributed by atoms with Crippen LogP contribution in [-0.4, -0.2) is 29.1 Å². The van der Waals surface area contributed by atoms with Crippen molar-refractivity contribution in [2.75, 3.05) is 11.9 Å². The zero-order valence-electron chi connectivity index (χ0n) is 17.2. The van der Waals surface area contributed by atoms with Crippen LogP contribution in [0.1, 0.15) is 54.8 Å². The van der Waals surface area contributed by atoms with E-state index in [1.807, 2.05) is 27.7 Å². The molecule has 7 heteroatoms. The first-order valence-corrected chi connectivity index (χ1v) is 9.87. The molecule has 0 aliphatic carbocycles. The Morgan fingerprint density at radius 3 is 2.45 bits per heavy atom. The standard InChI is InChI=1S/C22H27N3O3S/c1-5-13-28-16-10-8-9-15(14-16)19(26)24-21(29)23-18-12-7-6-11-17(18)20(27)25-22(2,3)4/h6-12,14H,5,13H2,1-4H3,(H,25,27)(H2,23,24,26,29). The van der Waals surface area contributed by atoms with Crippen molar-refractivity contribution in [1.82, 2.24) is 10.6 Å². The molecule has 0 bridgehead atoms. The van der Waals surface area contributed by atoms with E-state index in [0.717, 1.165) is 6.42 Å². The average molecular weight is 414 g/mol. The Morgan fingerprint density at radius 1 is 1.03 bits per heavy atom. The average Bonchev–Trinajstić information content (AvgIpc) is 2.65. The topological polar surface area (TPSA) is 79.5 Å². The molecule has 154 valence electrons. The van der Waals surface area contributed by atoms with Gasteiger partial charge in [-0.1, -0.05) is 25.1 Å². The van der Waals surface area contributed by atoms with Crippen LogP contribution in [0, 0.1) is 0 Å². The lowest BCUT2D eigenvalue weighted by molar-refractivity contribution is 0.0919. The summed E-state index contributed by atoms with van der Waals surface area (Å²) in [6.07, 6.45) is 0.882. The molecule has 0 saturated heterocycles. The first kappa shape index (κ1) is 22.4. The smallest absolute Gasteiger partial charge is 0.257 e. The fourth-order valence-electron chi connectivity index (χ4n) is 2.47. The maximum Gasteiger partial charge on any atom is 0.257 e. The summed E-state index contributed by atoms with van der Waals surface area (Å²) in [6.45, 7) is 8.32. The number of thiocarbonyl (C=S) groups is 1. The van der Waals surface area contributed by atoms with E-state index in [1.54, 1.807) is 48.5 Å². The molecule has 0 spiro atoms. The number of carbonyl (C=O) groups is 2. The van der Waals surface area contributed by atoms with E-state index < -0.39 is 0 Å². The number of carbonyl (C=O) groups excluding carboxylic acids is 2. The third-order valence-electron chi connectivity index (χ3n) is 3.70. The molecule has 2 aromatic rings. The van der Waals surface area contributed by atoms with Gasteiger partial charge in [0.1, 0.15) is 5.75 Å². The second kappa shape index (κ2) is 10.0. The van der Waals surface area contributed by atoms with Crippen LogP contribution in [0.3, 0.4) is 0 Å². The van der Waals surface area contributed by atoms with Gasteiger partial charge in [0.25, 0.3) is 11.8 Å². The van der Waals surface area contributed by atoms with Crippen molar-refractivity contribution in [1.29, 1.82) is 0 Å². The lowest BCUT2D eigenvalue weighted by Crippen LogP contribution is -2.41. The van der Waals surface area contributed by atoms with Gasteiger partial charge in [-0.3, -0.25) is 14.9 Å². The van der Waals surface area contributed by atoms with Crippen molar-refractivity contribution >= 4 is 34.8 Å². The van der Waals surface area contributed by atoms with Crippen molar-refractivity contribution in [3.63, 3.8) is 0 Å². The van der Waals surface area contributed by atoms with Crippen LogP contribution in [0.2, 0.25) is 0 Å². The van der Waals surface area contributed by atoms with Gasteiger partial charge in [-0.15, -0.1) is 0 Å². The summed E-state index contributed by atoms with van der Waals surface area (Å²) in [5.74, 6) is 0.0409. The highest BCUT2D eigenvalue weighted by molar-refractivity contribution is 7.80. The number of rotatable bonds is 6. The predicted octanol–water partition coefficient (Wildman–Crippen LogP) is 4.13. The lowest BCUT2D eigenvalue weighted by atomic mass is 10.1. The molecular formula is C22H27N3O3S. The molecule has 0 saturated carbocycles. The van der Waals surface area contributed by atoms with Crippen LogP contribution >= 0.6 is 12.2 Å². The van der Waals surface area contributed by atoms with Crippen molar-refractivity contribution < 1.29 is 14.3 Å². The van der Waals surface area contributed by atoms with Crippen molar-refractivity contribution in [2.45, 2.75) is 39.7 Å². The summed E-state index contributed by atoms with van der Waals surface area (Å²) in [7, 11) is 0. The second-order valence-electron chi connectivity index (χ2n) is 7.53. The fourth-order valence-corrected chi connectivity index (χ4v) is 2.68. The SMILES string of the molecule is CCCOc1cccc(C(=O)NC(=S)Nc2ccccc2C(=O)NC(C)(C)C)c1. The second-order valence-corrected chi connectivity index (χ2v) is 7.94. The summed E-state index contributed by atoms with van der Waals surface area (Å²) in [5.41, 5.74) is 1.01. The quantitative estimate of drug-likeness (QED) is 0.621. The lowest BCUT2D eigenvalue weighted by Gasteiger charge is -2.21. The number of benzene rings is 2. The first-order chi connectivity index (χ1) is 13.7. The van der Waals surface area contributed by atoms with Gasteiger partial charge in [0.05, 0.1) is 17.9 Å². The summed E-state index contributed by atoms with van der Waals surface area (Å²) >= 11 is 5.26. The summed E-state index contributed by atoms with van der Waals surface area (Å²) in [5, 5.41) is 8.59. The van der Waals surface area contributed by atoms with Crippen molar-refractivity contribution in [3.05, 3.63) is 59.7 Å². The molecule has 2 rings (SSSR count). The minimum atomic E-state index is -0.371. The van der Waals surface area contributed by atoms with E-state index in [9.17, 15) is 9.59 Å². The Bertz CT molecular complexity index is 891. The maximum atomic E-state index is 12.5. The maximum absolute atomic E-state index is 12.5. The van der Waals surface area contributed by atoms with Gasteiger partial charge in [-0.2, -0.15) is 0 Å². The monoisotopic (exact) mass is 413 g/mol. The van der Waals surface area contributed by atoms with E-state index in [1.165, 1.54) is 0 Å². The molecule has 0 aliphatic rings. The van der Waals surface area contributed by atoms with Gasteiger partial charge in [0.2, 0.25) is 0 Å². The minimum absolute atomic E-state index is 0.103. The molecule has 0 aromatic heterocycles. The number of ether oxygens (including phenoxy) is 1. The number of hydrogen-bond donors (Lipinski definition) is 3. The molecule has 0 aliphatic heterocycles. The number of nitrogens with one attached hydrogen (secondary N) is 3. The predicted molar refractivity (Wildman–Crippen MR) is 120 cm³/mol. The van der Waals surface area contributed by atoms with Crippen LogP contribution in [0.15, 0.2) is 48.5 Å². The Morgan fingerprint density at radius 2 is 1.76 bits per heavy atom. The molecule has 2 amide bonds. The van der Waals surface area contributed by atoms with Crippen LogP contribution in [0.25, 0.3) is 0 Å². The van der Waals surface area contributed by atoms with E-state index in [2.05, 4.69) is 16.0 Å². The van der Waals surface area contributed by atoms with E-state index >= 15 is 0 Å². The Labute approximate surface area is 177 Å². The van der Waals surface area contributed by atoms with E-state index in [-0.39, 0.29) is 22.5 Å². The molecule has 29 heavy (non-hydrogen) atoms. The molecule has 2 aromatic carbocycles. The van der Waals surface area contributed by atoms with Gasteiger partial charge in [-0.05, 0) is 69.7 Å². The molecule has 0 unspecified atom stereocenters. The van der Waals surface area contributed by atoms with E-state index in [0.29, 0.717) is 29.2 Å².